The van der Waals surface area contributed by atoms with Gasteiger partial charge in [0.05, 0.1) is 4.90 Å². The molecule has 0 bridgehead atoms. The lowest BCUT2D eigenvalue weighted by Crippen LogP contribution is -2.39. The highest BCUT2D eigenvalue weighted by Crippen LogP contribution is 2.10. The first-order valence-corrected chi connectivity index (χ1v) is 9.36. The largest absolute Gasteiger partial charge is 0.455 e. The molecule has 0 unspecified atom stereocenters. The summed E-state index contributed by atoms with van der Waals surface area (Å²) in [5, 5.41) is 0. The number of amides is 1. The van der Waals surface area contributed by atoms with Gasteiger partial charge in [0, 0.05) is 13.1 Å². The number of nitrogens with one attached hydrogen (secondary N) is 1. The lowest BCUT2D eigenvalue weighted by Gasteiger charge is -2.26. The van der Waals surface area contributed by atoms with Crippen molar-refractivity contribution in [2.24, 2.45) is 0 Å². The number of esters is 1. The minimum absolute atomic E-state index is 0.0743. The Balaban J connectivity index is 1.78. The average Bonchev–Trinajstić information content (AvgIpc) is 2.59. The molecule has 7 nitrogen and oxygen atoms in total. The number of hydrogen-bond acceptors (Lipinski definition) is 5. The predicted octanol–water partition coefficient (Wildman–Crippen LogP) is 0.829. The van der Waals surface area contributed by atoms with Gasteiger partial charge in [0.15, 0.2) is 6.61 Å². The van der Waals surface area contributed by atoms with Crippen LogP contribution in [-0.4, -0.2) is 51.4 Å². The maximum absolute atomic E-state index is 12.0. The molecule has 1 aliphatic rings. The molecule has 0 aromatic heterocycles. The van der Waals surface area contributed by atoms with Gasteiger partial charge in [0.1, 0.15) is 6.54 Å². The molecule has 0 spiro atoms. The third-order valence-corrected chi connectivity index (χ3v) is 5.22. The molecule has 2 rings (SSSR count). The molecule has 0 radical (unpaired) electrons. The second kappa shape index (κ2) is 8.25. The smallest absolute Gasteiger partial charge is 0.321 e. The van der Waals surface area contributed by atoms with Crippen molar-refractivity contribution in [1.82, 2.24) is 9.62 Å². The Labute approximate surface area is 142 Å². The van der Waals surface area contributed by atoms with Crippen molar-refractivity contribution >= 4 is 21.9 Å². The van der Waals surface area contributed by atoms with Gasteiger partial charge < -0.3 is 9.64 Å². The second-order valence-electron chi connectivity index (χ2n) is 5.74. The Bertz CT molecular complexity index is 679. The molecule has 1 amide bonds. The fraction of sp³-hybridized carbons (Fsp3) is 0.500. The van der Waals surface area contributed by atoms with E-state index in [9.17, 15) is 18.0 Å². The van der Waals surface area contributed by atoms with Crippen molar-refractivity contribution in [3.8, 4) is 0 Å². The molecular weight excluding hydrogens is 332 g/mol. The van der Waals surface area contributed by atoms with Crippen LogP contribution in [0.15, 0.2) is 29.2 Å². The average molecular weight is 354 g/mol. The van der Waals surface area contributed by atoms with Crippen LogP contribution in [0.5, 0.6) is 0 Å². The molecule has 1 aromatic rings. The Morgan fingerprint density at radius 2 is 1.75 bits per heavy atom. The van der Waals surface area contributed by atoms with Crippen LogP contribution >= 0.6 is 0 Å². The zero-order chi connectivity index (χ0) is 17.6. The maximum Gasteiger partial charge on any atom is 0.321 e. The van der Waals surface area contributed by atoms with Crippen molar-refractivity contribution in [3.63, 3.8) is 0 Å². The number of likely N-dealkylation sites (tertiary alicyclic amines) is 1. The number of carbonyl (C=O) groups excluding carboxylic acids is 2. The number of ether oxygens (including phenoxy) is 1. The molecule has 1 saturated heterocycles. The first-order chi connectivity index (χ1) is 11.4. The predicted molar refractivity (Wildman–Crippen MR) is 87.8 cm³/mol. The van der Waals surface area contributed by atoms with E-state index in [2.05, 4.69) is 4.72 Å². The summed E-state index contributed by atoms with van der Waals surface area (Å²) in [5.74, 6) is -1.03. The van der Waals surface area contributed by atoms with E-state index in [4.69, 9.17) is 4.74 Å². The first kappa shape index (κ1) is 18.4. The fourth-order valence-corrected chi connectivity index (χ4v) is 3.35. The topological polar surface area (TPSA) is 92.8 Å². The Morgan fingerprint density at radius 3 is 2.38 bits per heavy atom. The molecule has 8 heteroatoms. The van der Waals surface area contributed by atoms with E-state index in [0.29, 0.717) is 13.1 Å². The van der Waals surface area contributed by atoms with Crippen LogP contribution in [0.4, 0.5) is 0 Å². The Kier molecular flexibility index (Phi) is 6.33. The first-order valence-electron chi connectivity index (χ1n) is 7.88. The van der Waals surface area contributed by atoms with Gasteiger partial charge in [-0.1, -0.05) is 17.7 Å². The molecule has 1 heterocycles. The minimum atomic E-state index is -3.78. The molecule has 1 fully saturated rings. The Morgan fingerprint density at radius 1 is 1.12 bits per heavy atom. The fourth-order valence-electron chi connectivity index (χ4n) is 2.38. The number of sulfonamides is 1. The second-order valence-corrected chi connectivity index (χ2v) is 7.51. The number of benzene rings is 1. The molecule has 132 valence electrons. The van der Waals surface area contributed by atoms with Gasteiger partial charge in [0.2, 0.25) is 10.0 Å². The van der Waals surface area contributed by atoms with E-state index in [1.807, 2.05) is 6.92 Å². The molecule has 1 aromatic carbocycles. The van der Waals surface area contributed by atoms with E-state index in [-0.39, 0.29) is 17.4 Å². The monoisotopic (exact) mass is 354 g/mol. The zero-order valence-electron chi connectivity index (χ0n) is 13.7. The van der Waals surface area contributed by atoms with Crippen LogP contribution in [-0.2, 0) is 24.3 Å². The SMILES string of the molecule is Cc1ccc(S(=O)(=O)NCC(=O)OCC(=O)N2CCCCC2)cc1. The quantitative estimate of drug-likeness (QED) is 0.764. The number of aryl methyl sites for hydroxylation is 1. The maximum atomic E-state index is 12.0. The molecule has 1 aliphatic heterocycles. The summed E-state index contributed by atoms with van der Waals surface area (Å²) < 4.78 is 31.1. The van der Waals surface area contributed by atoms with E-state index in [1.165, 1.54) is 12.1 Å². The summed E-state index contributed by atoms with van der Waals surface area (Å²) in [4.78, 5) is 25.2. The molecule has 1 N–H and O–H groups in total. The standard InChI is InChI=1S/C16H22N2O5S/c1-13-5-7-14(8-6-13)24(21,22)17-11-16(20)23-12-15(19)18-9-3-2-4-10-18/h5-8,17H,2-4,9-12H2,1H3. The van der Waals surface area contributed by atoms with E-state index >= 15 is 0 Å². The Hall–Kier alpha value is -1.93. The molecule has 0 aliphatic carbocycles. The zero-order valence-corrected chi connectivity index (χ0v) is 14.5. The highest BCUT2D eigenvalue weighted by molar-refractivity contribution is 7.89. The summed E-state index contributed by atoms with van der Waals surface area (Å²) in [7, 11) is -3.78. The highest BCUT2D eigenvalue weighted by Gasteiger charge is 2.19. The number of carbonyl (C=O) groups is 2. The highest BCUT2D eigenvalue weighted by atomic mass is 32.2. The summed E-state index contributed by atoms with van der Waals surface area (Å²) in [6.45, 7) is 2.34. The van der Waals surface area contributed by atoms with Crippen LogP contribution in [0.25, 0.3) is 0 Å². The molecule has 0 saturated carbocycles. The van der Waals surface area contributed by atoms with Crippen LogP contribution in [0.1, 0.15) is 24.8 Å². The van der Waals surface area contributed by atoms with Gasteiger partial charge in [-0.05, 0) is 38.3 Å². The number of hydrogen-bond donors (Lipinski definition) is 1. The van der Waals surface area contributed by atoms with E-state index in [0.717, 1.165) is 24.8 Å². The van der Waals surface area contributed by atoms with Gasteiger partial charge in [-0.25, -0.2) is 8.42 Å². The van der Waals surface area contributed by atoms with E-state index in [1.54, 1.807) is 17.0 Å². The normalized spacial score (nSPS) is 15.1. The van der Waals surface area contributed by atoms with E-state index < -0.39 is 22.5 Å². The van der Waals surface area contributed by atoms with Crippen LogP contribution in [0.3, 0.4) is 0 Å². The lowest BCUT2D eigenvalue weighted by molar-refractivity contribution is -0.151. The summed E-state index contributed by atoms with van der Waals surface area (Å²) in [6.07, 6.45) is 3.01. The summed E-state index contributed by atoms with van der Waals surface area (Å²) >= 11 is 0. The van der Waals surface area contributed by atoms with Crippen LogP contribution < -0.4 is 4.72 Å². The van der Waals surface area contributed by atoms with Crippen molar-refractivity contribution in [2.45, 2.75) is 31.1 Å². The summed E-state index contributed by atoms with van der Waals surface area (Å²) in [6, 6.07) is 6.26. The summed E-state index contributed by atoms with van der Waals surface area (Å²) in [5.41, 5.74) is 0.935. The number of piperidine rings is 1. The van der Waals surface area contributed by atoms with Crippen molar-refractivity contribution < 1.29 is 22.7 Å². The van der Waals surface area contributed by atoms with Gasteiger partial charge in [-0.3, -0.25) is 9.59 Å². The van der Waals surface area contributed by atoms with Crippen LogP contribution in [0.2, 0.25) is 0 Å². The van der Waals surface area contributed by atoms with Gasteiger partial charge in [-0.15, -0.1) is 0 Å². The molecule has 24 heavy (non-hydrogen) atoms. The van der Waals surface area contributed by atoms with Gasteiger partial charge in [-0.2, -0.15) is 4.72 Å². The van der Waals surface area contributed by atoms with Gasteiger partial charge in [0.25, 0.3) is 5.91 Å². The molecule has 0 atom stereocenters. The molecular formula is C16H22N2O5S. The minimum Gasteiger partial charge on any atom is -0.455 e. The van der Waals surface area contributed by atoms with Crippen LogP contribution in [0, 0.1) is 6.92 Å². The third-order valence-electron chi connectivity index (χ3n) is 3.80. The van der Waals surface area contributed by atoms with Gasteiger partial charge >= 0.3 is 5.97 Å². The van der Waals surface area contributed by atoms with Crippen molar-refractivity contribution in [1.29, 1.82) is 0 Å². The van der Waals surface area contributed by atoms with Crippen molar-refractivity contribution in [2.75, 3.05) is 26.2 Å². The lowest BCUT2D eigenvalue weighted by atomic mass is 10.1. The third kappa shape index (κ3) is 5.31. The van der Waals surface area contributed by atoms with Crippen molar-refractivity contribution in [3.05, 3.63) is 29.8 Å². The number of nitrogens with zero attached hydrogens (tertiary/aromatic N) is 1. The number of rotatable bonds is 6.